The highest BCUT2D eigenvalue weighted by molar-refractivity contribution is 7.89. The van der Waals surface area contributed by atoms with Gasteiger partial charge in [0.1, 0.15) is 16.2 Å². The van der Waals surface area contributed by atoms with Crippen molar-refractivity contribution in [3.05, 3.63) is 45.9 Å². The molecule has 1 saturated heterocycles. The minimum atomic E-state index is -3.99. The molecule has 1 fully saturated rings. The number of primary sulfonamides is 1. The van der Waals surface area contributed by atoms with Gasteiger partial charge in [0.25, 0.3) is 6.01 Å². The minimum absolute atomic E-state index is 0.00678. The van der Waals surface area contributed by atoms with E-state index in [4.69, 9.17) is 37.5 Å². The second kappa shape index (κ2) is 9.44. The summed E-state index contributed by atoms with van der Waals surface area (Å²) in [5.41, 5.74) is 1.75. The number of piperidine rings is 1. The molecule has 3 N–H and O–H groups in total. The van der Waals surface area contributed by atoms with Gasteiger partial charge in [-0.25, -0.2) is 13.6 Å². The Morgan fingerprint density at radius 2 is 1.97 bits per heavy atom. The van der Waals surface area contributed by atoms with E-state index in [-0.39, 0.29) is 16.0 Å². The van der Waals surface area contributed by atoms with E-state index in [1.165, 1.54) is 12.1 Å². The van der Waals surface area contributed by atoms with E-state index in [1.54, 1.807) is 0 Å². The molecule has 1 aromatic heterocycles. The fourth-order valence-corrected chi connectivity index (χ4v) is 5.09. The average Bonchev–Trinajstić information content (AvgIpc) is 3.16. The molecule has 11 heteroatoms. The van der Waals surface area contributed by atoms with E-state index in [0.717, 1.165) is 31.5 Å². The molecule has 4 rings (SSSR count). The van der Waals surface area contributed by atoms with Gasteiger partial charge < -0.3 is 19.4 Å². The van der Waals surface area contributed by atoms with E-state index in [2.05, 4.69) is 15.2 Å². The zero-order chi connectivity index (χ0) is 22.9. The van der Waals surface area contributed by atoms with E-state index >= 15 is 0 Å². The second-order valence-corrected chi connectivity index (χ2v) is 9.94. The van der Waals surface area contributed by atoms with Crippen molar-refractivity contribution >= 4 is 50.3 Å². The average molecular weight is 499 g/mol. The summed E-state index contributed by atoms with van der Waals surface area (Å²) in [5, 5.41) is 9.19. The molecule has 0 atom stereocenters. The minimum Gasteiger partial charge on any atom is -0.492 e. The van der Waals surface area contributed by atoms with Gasteiger partial charge >= 0.3 is 0 Å². The first-order valence-corrected chi connectivity index (χ1v) is 12.6. The van der Waals surface area contributed by atoms with Gasteiger partial charge in [-0.3, -0.25) is 0 Å². The van der Waals surface area contributed by atoms with Crippen molar-refractivity contribution in [3.8, 4) is 5.75 Å². The van der Waals surface area contributed by atoms with Crippen LogP contribution in [0.3, 0.4) is 0 Å². The van der Waals surface area contributed by atoms with Gasteiger partial charge in [0, 0.05) is 18.7 Å². The first kappa shape index (κ1) is 23.1. The number of nitrogens with two attached hydrogens (primary N) is 1. The number of ether oxygens (including phenoxy) is 1. The Morgan fingerprint density at radius 3 is 2.66 bits per heavy atom. The smallest absolute Gasteiger partial charge is 0.298 e. The van der Waals surface area contributed by atoms with Gasteiger partial charge in [-0.05, 0) is 56.6 Å². The van der Waals surface area contributed by atoms with Crippen LogP contribution in [0.5, 0.6) is 5.75 Å². The van der Waals surface area contributed by atoms with E-state index in [1.807, 2.05) is 25.1 Å². The highest BCUT2D eigenvalue weighted by Gasteiger charge is 2.27. The third kappa shape index (κ3) is 4.97. The third-order valence-electron chi connectivity index (χ3n) is 5.38. The van der Waals surface area contributed by atoms with Crippen LogP contribution in [0.1, 0.15) is 25.3 Å². The number of hydrogen-bond acceptors (Lipinski definition) is 7. The Balaban J connectivity index is 1.74. The lowest BCUT2D eigenvalue weighted by Crippen LogP contribution is -2.43. The van der Waals surface area contributed by atoms with Crippen molar-refractivity contribution in [2.75, 3.05) is 24.6 Å². The van der Waals surface area contributed by atoms with Crippen LogP contribution in [0.2, 0.25) is 10.0 Å². The topological polar surface area (TPSA) is 111 Å². The lowest BCUT2D eigenvalue weighted by molar-refractivity contribution is 0.340. The molecular weight excluding hydrogens is 475 g/mol. The molecule has 8 nitrogen and oxygen atoms in total. The van der Waals surface area contributed by atoms with Crippen LogP contribution in [0.4, 0.5) is 6.01 Å². The Kier molecular flexibility index (Phi) is 6.83. The van der Waals surface area contributed by atoms with Crippen molar-refractivity contribution in [2.24, 2.45) is 5.14 Å². The van der Waals surface area contributed by atoms with Crippen LogP contribution >= 0.6 is 23.2 Å². The normalized spacial score (nSPS) is 15.2. The number of rotatable bonds is 7. The van der Waals surface area contributed by atoms with Gasteiger partial charge in [0.15, 0.2) is 5.58 Å². The molecule has 2 aromatic carbocycles. The molecule has 0 spiro atoms. The van der Waals surface area contributed by atoms with Crippen molar-refractivity contribution in [2.45, 2.75) is 37.2 Å². The van der Waals surface area contributed by atoms with E-state index in [0.29, 0.717) is 41.0 Å². The number of halogens is 2. The molecular formula is C21H24Cl2N4O4S. The monoisotopic (exact) mass is 498 g/mol. The summed E-state index contributed by atoms with van der Waals surface area (Å²) < 4.78 is 35.3. The van der Waals surface area contributed by atoms with Crippen molar-refractivity contribution in [3.63, 3.8) is 0 Å². The highest BCUT2D eigenvalue weighted by Crippen LogP contribution is 2.33. The molecule has 0 radical (unpaired) electrons. The lowest BCUT2D eigenvalue weighted by Gasteiger charge is -2.33. The molecule has 1 aliphatic rings. The third-order valence-corrected chi connectivity index (χ3v) is 7.07. The van der Waals surface area contributed by atoms with Crippen LogP contribution in [-0.4, -0.2) is 39.1 Å². The van der Waals surface area contributed by atoms with Crippen LogP contribution in [0.25, 0.3) is 11.1 Å². The summed E-state index contributed by atoms with van der Waals surface area (Å²) in [6, 6.07) is 9.02. The number of oxazole rings is 1. The lowest BCUT2D eigenvalue weighted by atomic mass is 10.0. The quantitative estimate of drug-likeness (QED) is 0.507. The molecule has 0 saturated carbocycles. The fourth-order valence-electron chi connectivity index (χ4n) is 3.84. The van der Waals surface area contributed by atoms with Gasteiger partial charge in [0.2, 0.25) is 10.0 Å². The molecule has 0 bridgehead atoms. The largest absolute Gasteiger partial charge is 0.492 e. The maximum absolute atomic E-state index is 11.8. The van der Waals surface area contributed by atoms with Gasteiger partial charge in [-0.1, -0.05) is 29.3 Å². The number of nitrogens with zero attached hydrogens (tertiary/aromatic N) is 2. The standard InChI is InChI=1S/C21H24Cl2N4O4S/c1-2-30-18-9-13(3-4-15(18)22)12-27(14-5-7-25-8-6-14)21-26-17-10-16(23)20(32(24,28)29)11-19(17)31-21/h3-4,9-11,14,25H,2,5-8,12H2,1H3,(H2,24,28,29). The van der Waals surface area contributed by atoms with E-state index < -0.39 is 10.0 Å². The molecule has 0 unspecified atom stereocenters. The predicted molar refractivity (Wildman–Crippen MR) is 125 cm³/mol. The number of aromatic nitrogens is 1. The van der Waals surface area contributed by atoms with Crippen LogP contribution in [0, 0.1) is 0 Å². The Morgan fingerprint density at radius 1 is 1.22 bits per heavy atom. The number of benzene rings is 2. The predicted octanol–water partition coefficient (Wildman–Crippen LogP) is 3.94. The number of anilines is 1. The molecule has 0 amide bonds. The Hall–Kier alpha value is -2.04. The molecule has 2 heterocycles. The van der Waals surface area contributed by atoms with Crippen molar-refractivity contribution in [1.82, 2.24) is 10.3 Å². The summed E-state index contributed by atoms with van der Waals surface area (Å²) in [7, 11) is -3.99. The van der Waals surface area contributed by atoms with Gasteiger partial charge in [-0.2, -0.15) is 4.98 Å². The number of hydrogen-bond donors (Lipinski definition) is 2. The zero-order valence-corrected chi connectivity index (χ0v) is 19.8. The first-order valence-electron chi connectivity index (χ1n) is 10.3. The number of sulfonamides is 1. The summed E-state index contributed by atoms with van der Waals surface area (Å²) in [6.07, 6.45) is 1.82. The van der Waals surface area contributed by atoms with Gasteiger partial charge in [-0.15, -0.1) is 0 Å². The number of fused-ring (bicyclic) bond motifs is 1. The zero-order valence-electron chi connectivity index (χ0n) is 17.5. The maximum atomic E-state index is 11.8. The van der Waals surface area contributed by atoms with Crippen LogP contribution in [0.15, 0.2) is 39.6 Å². The van der Waals surface area contributed by atoms with Crippen LogP contribution in [-0.2, 0) is 16.6 Å². The molecule has 172 valence electrons. The Bertz CT molecular complexity index is 1230. The summed E-state index contributed by atoms with van der Waals surface area (Å²) in [6.45, 7) is 4.70. The SMILES string of the molecule is CCOc1cc(CN(c2nc3cc(Cl)c(S(N)(=O)=O)cc3o2)C2CCNCC2)ccc1Cl. The number of nitrogens with one attached hydrogen (secondary N) is 1. The molecule has 1 aliphatic heterocycles. The second-order valence-electron chi connectivity index (χ2n) is 7.60. The summed E-state index contributed by atoms with van der Waals surface area (Å²) in [5.74, 6) is 0.624. The highest BCUT2D eigenvalue weighted by atomic mass is 35.5. The van der Waals surface area contributed by atoms with Gasteiger partial charge in [0.05, 0.1) is 16.7 Å². The first-order chi connectivity index (χ1) is 15.3. The van der Waals surface area contributed by atoms with Crippen LogP contribution < -0.4 is 20.1 Å². The fraction of sp³-hybridized carbons (Fsp3) is 0.381. The Labute approximate surface area is 196 Å². The molecule has 32 heavy (non-hydrogen) atoms. The molecule has 3 aromatic rings. The van der Waals surface area contributed by atoms with E-state index in [9.17, 15) is 8.42 Å². The molecule has 0 aliphatic carbocycles. The summed E-state index contributed by atoms with van der Waals surface area (Å²) >= 11 is 12.4. The maximum Gasteiger partial charge on any atom is 0.298 e. The van der Waals surface area contributed by atoms with Crippen molar-refractivity contribution in [1.29, 1.82) is 0 Å². The van der Waals surface area contributed by atoms with Crippen molar-refractivity contribution < 1.29 is 17.6 Å². The summed E-state index contributed by atoms with van der Waals surface area (Å²) in [4.78, 5) is 6.50.